The predicted molar refractivity (Wildman–Crippen MR) is 82.1 cm³/mol. The van der Waals surface area contributed by atoms with E-state index in [9.17, 15) is 4.79 Å². The minimum atomic E-state index is -0.249. The molecule has 2 aromatic rings. The molecule has 0 aliphatic carbocycles. The quantitative estimate of drug-likeness (QED) is 0.888. The van der Waals surface area contributed by atoms with Crippen molar-refractivity contribution < 1.29 is 4.79 Å². The molecule has 0 bridgehead atoms. The van der Waals surface area contributed by atoms with E-state index in [-0.39, 0.29) is 12.1 Å². The van der Waals surface area contributed by atoms with Crippen LogP contribution < -0.4 is 10.6 Å². The number of aromatic nitrogens is 3. The van der Waals surface area contributed by atoms with Gasteiger partial charge in [0.25, 0.3) is 0 Å². The standard InChI is InChI=1S/C15H21N5O/c1-4-12-7-6-8-13(9-12)18-15(21)17-11(3)14-19-16-10-20(14)5-2/h6-11H,4-5H2,1-3H3,(H2,17,18,21)/t11-/m1/s1. The third-order valence-electron chi connectivity index (χ3n) is 3.31. The van der Waals surface area contributed by atoms with Crippen LogP contribution in [-0.4, -0.2) is 20.8 Å². The second-order valence-electron chi connectivity index (χ2n) is 4.85. The maximum absolute atomic E-state index is 12.0. The zero-order valence-electron chi connectivity index (χ0n) is 12.6. The highest BCUT2D eigenvalue weighted by Crippen LogP contribution is 2.12. The zero-order chi connectivity index (χ0) is 15.2. The van der Waals surface area contributed by atoms with E-state index in [1.807, 2.05) is 42.7 Å². The number of urea groups is 1. The van der Waals surface area contributed by atoms with Gasteiger partial charge < -0.3 is 15.2 Å². The van der Waals surface area contributed by atoms with Crippen molar-refractivity contribution in [3.05, 3.63) is 42.0 Å². The summed E-state index contributed by atoms with van der Waals surface area (Å²) in [5.74, 6) is 0.745. The molecule has 0 saturated heterocycles. The maximum atomic E-state index is 12.0. The highest BCUT2D eigenvalue weighted by Gasteiger charge is 2.15. The Morgan fingerprint density at radius 3 is 2.90 bits per heavy atom. The van der Waals surface area contributed by atoms with Crippen LogP contribution in [0.2, 0.25) is 0 Å². The summed E-state index contributed by atoms with van der Waals surface area (Å²) in [4.78, 5) is 12.0. The van der Waals surface area contributed by atoms with Crippen LogP contribution in [0.4, 0.5) is 10.5 Å². The first kappa shape index (κ1) is 15.0. The van der Waals surface area contributed by atoms with Crippen molar-refractivity contribution in [1.82, 2.24) is 20.1 Å². The van der Waals surface area contributed by atoms with E-state index in [0.29, 0.717) is 0 Å². The van der Waals surface area contributed by atoms with E-state index in [4.69, 9.17) is 0 Å². The molecule has 2 rings (SSSR count). The van der Waals surface area contributed by atoms with Crippen LogP contribution in [0.25, 0.3) is 0 Å². The fourth-order valence-corrected chi connectivity index (χ4v) is 2.14. The van der Waals surface area contributed by atoms with Crippen LogP contribution in [-0.2, 0) is 13.0 Å². The summed E-state index contributed by atoms with van der Waals surface area (Å²) >= 11 is 0. The van der Waals surface area contributed by atoms with Crippen molar-refractivity contribution in [2.75, 3.05) is 5.32 Å². The van der Waals surface area contributed by atoms with E-state index < -0.39 is 0 Å². The molecule has 0 unspecified atom stereocenters. The number of nitrogens with zero attached hydrogens (tertiary/aromatic N) is 3. The number of aryl methyl sites for hydroxylation is 2. The Hall–Kier alpha value is -2.37. The SMILES string of the molecule is CCc1cccc(NC(=O)N[C@H](C)c2nncn2CC)c1. The molecule has 1 aromatic carbocycles. The normalized spacial score (nSPS) is 12.0. The lowest BCUT2D eigenvalue weighted by atomic mass is 10.1. The van der Waals surface area contributed by atoms with Gasteiger partial charge in [0.05, 0.1) is 6.04 Å². The van der Waals surface area contributed by atoms with Gasteiger partial charge >= 0.3 is 6.03 Å². The zero-order valence-corrected chi connectivity index (χ0v) is 12.6. The van der Waals surface area contributed by atoms with Gasteiger partial charge in [0.1, 0.15) is 6.33 Å². The first-order valence-corrected chi connectivity index (χ1v) is 7.18. The second kappa shape index (κ2) is 6.88. The second-order valence-corrected chi connectivity index (χ2v) is 4.85. The van der Waals surface area contributed by atoms with E-state index in [1.165, 1.54) is 5.56 Å². The number of benzene rings is 1. The number of rotatable bonds is 5. The Balaban J connectivity index is 1.98. The Morgan fingerprint density at radius 1 is 1.38 bits per heavy atom. The van der Waals surface area contributed by atoms with Crippen LogP contribution in [0.1, 0.15) is 38.2 Å². The minimum Gasteiger partial charge on any atom is -0.328 e. The number of nitrogens with one attached hydrogen (secondary N) is 2. The molecule has 1 atom stereocenters. The van der Waals surface area contributed by atoms with Crippen molar-refractivity contribution >= 4 is 11.7 Å². The van der Waals surface area contributed by atoms with Gasteiger partial charge in [-0.05, 0) is 38.0 Å². The number of hydrogen-bond acceptors (Lipinski definition) is 3. The molecule has 0 radical (unpaired) electrons. The van der Waals surface area contributed by atoms with Gasteiger partial charge in [-0.2, -0.15) is 0 Å². The Morgan fingerprint density at radius 2 is 2.19 bits per heavy atom. The Labute approximate surface area is 124 Å². The van der Waals surface area contributed by atoms with E-state index in [2.05, 4.69) is 27.8 Å². The van der Waals surface area contributed by atoms with Crippen LogP contribution in [0.15, 0.2) is 30.6 Å². The van der Waals surface area contributed by atoms with Gasteiger partial charge in [-0.1, -0.05) is 19.1 Å². The highest BCUT2D eigenvalue weighted by molar-refractivity contribution is 5.89. The lowest BCUT2D eigenvalue weighted by Gasteiger charge is -2.15. The first-order valence-electron chi connectivity index (χ1n) is 7.18. The number of hydrogen-bond donors (Lipinski definition) is 2. The lowest BCUT2D eigenvalue weighted by molar-refractivity contribution is 0.248. The molecule has 1 heterocycles. The summed E-state index contributed by atoms with van der Waals surface area (Å²) in [6, 6.07) is 7.36. The third kappa shape index (κ3) is 3.81. The summed E-state index contributed by atoms with van der Waals surface area (Å²) in [5.41, 5.74) is 1.97. The van der Waals surface area contributed by atoms with Crippen molar-refractivity contribution in [2.45, 2.75) is 39.8 Å². The molecule has 6 heteroatoms. The van der Waals surface area contributed by atoms with E-state index in [0.717, 1.165) is 24.5 Å². The monoisotopic (exact) mass is 287 g/mol. The van der Waals surface area contributed by atoms with Gasteiger partial charge in [0.15, 0.2) is 5.82 Å². The largest absolute Gasteiger partial charge is 0.328 e. The summed E-state index contributed by atoms with van der Waals surface area (Å²) in [5, 5.41) is 13.6. The average Bonchev–Trinajstić information content (AvgIpc) is 2.95. The van der Waals surface area contributed by atoms with Gasteiger partial charge in [0, 0.05) is 12.2 Å². The molecule has 2 N–H and O–H groups in total. The van der Waals surface area contributed by atoms with Crippen LogP contribution >= 0.6 is 0 Å². The third-order valence-corrected chi connectivity index (χ3v) is 3.31. The fraction of sp³-hybridized carbons (Fsp3) is 0.400. The molecule has 6 nitrogen and oxygen atoms in total. The molecule has 112 valence electrons. The Kier molecular flexibility index (Phi) is 4.92. The molecule has 0 aliphatic heterocycles. The molecular formula is C15H21N5O. The molecule has 0 fully saturated rings. The van der Waals surface area contributed by atoms with Crippen LogP contribution in [0.3, 0.4) is 0 Å². The van der Waals surface area contributed by atoms with E-state index in [1.54, 1.807) is 6.33 Å². The summed E-state index contributed by atoms with van der Waals surface area (Å²) in [6.07, 6.45) is 2.60. The Bertz CT molecular complexity index is 608. The van der Waals surface area contributed by atoms with Crippen LogP contribution in [0.5, 0.6) is 0 Å². The average molecular weight is 287 g/mol. The number of carbonyl (C=O) groups is 1. The minimum absolute atomic E-state index is 0.207. The highest BCUT2D eigenvalue weighted by atomic mass is 16.2. The van der Waals surface area contributed by atoms with Crippen molar-refractivity contribution in [3.63, 3.8) is 0 Å². The summed E-state index contributed by atoms with van der Waals surface area (Å²) in [7, 11) is 0. The van der Waals surface area contributed by atoms with Crippen molar-refractivity contribution in [1.29, 1.82) is 0 Å². The molecule has 0 saturated carbocycles. The number of anilines is 1. The molecule has 0 spiro atoms. The van der Waals surface area contributed by atoms with Crippen molar-refractivity contribution in [2.24, 2.45) is 0 Å². The van der Waals surface area contributed by atoms with Gasteiger partial charge in [-0.3, -0.25) is 0 Å². The molecule has 0 aliphatic rings. The molecule has 1 aromatic heterocycles. The van der Waals surface area contributed by atoms with Crippen LogP contribution in [0, 0.1) is 0 Å². The van der Waals surface area contributed by atoms with Gasteiger partial charge in [-0.15, -0.1) is 10.2 Å². The molecular weight excluding hydrogens is 266 g/mol. The topological polar surface area (TPSA) is 71.8 Å². The van der Waals surface area contributed by atoms with E-state index >= 15 is 0 Å². The van der Waals surface area contributed by atoms with Gasteiger partial charge in [0.2, 0.25) is 0 Å². The smallest absolute Gasteiger partial charge is 0.319 e. The lowest BCUT2D eigenvalue weighted by Crippen LogP contribution is -2.32. The predicted octanol–water partition coefficient (Wildman–Crippen LogP) is 2.74. The first-order chi connectivity index (χ1) is 10.1. The number of amides is 2. The summed E-state index contributed by atoms with van der Waals surface area (Å²) in [6.45, 7) is 6.75. The van der Waals surface area contributed by atoms with Crippen molar-refractivity contribution in [3.8, 4) is 0 Å². The fourth-order valence-electron chi connectivity index (χ4n) is 2.14. The molecule has 21 heavy (non-hydrogen) atoms. The van der Waals surface area contributed by atoms with Gasteiger partial charge in [-0.25, -0.2) is 4.79 Å². The maximum Gasteiger partial charge on any atom is 0.319 e. The number of carbonyl (C=O) groups excluding carboxylic acids is 1. The molecule has 2 amide bonds. The summed E-state index contributed by atoms with van der Waals surface area (Å²) < 4.78 is 1.91.